The Morgan fingerprint density at radius 1 is 1.48 bits per heavy atom. The summed E-state index contributed by atoms with van der Waals surface area (Å²) >= 11 is 0. The Morgan fingerprint density at radius 3 is 2.57 bits per heavy atom. The minimum Gasteiger partial charge on any atom is -0.381 e. The summed E-state index contributed by atoms with van der Waals surface area (Å²) in [6.07, 6.45) is 1.30. The van der Waals surface area contributed by atoms with E-state index in [4.69, 9.17) is 9.47 Å². The van der Waals surface area contributed by atoms with Crippen molar-refractivity contribution in [2.45, 2.75) is 33.3 Å². The minimum atomic E-state index is 0. The van der Waals surface area contributed by atoms with Crippen LogP contribution in [-0.4, -0.2) is 64.5 Å². The van der Waals surface area contributed by atoms with Crippen LogP contribution in [0.5, 0.6) is 0 Å². The molecule has 21 heavy (non-hydrogen) atoms. The van der Waals surface area contributed by atoms with Crippen molar-refractivity contribution in [1.82, 2.24) is 10.2 Å². The van der Waals surface area contributed by atoms with E-state index in [0.29, 0.717) is 5.92 Å². The third-order valence-electron chi connectivity index (χ3n) is 3.83. The highest BCUT2D eigenvalue weighted by molar-refractivity contribution is 14.0. The van der Waals surface area contributed by atoms with Crippen LogP contribution in [0.1, 0.15) is 27.2 Å². The Morgan fingerprint density at radius 2 is 2.14 bits per heavy atom. The van der Waals surface area contributed by atoms with Gasteiger partial charge in [-0.15, -0.1) is 24.0 Å². The van der Waals surface area contributed by atoms with E-state index in [-0.39, 0.29) is 35.5 Å². The van der Waals surface area contributed by atoms with Gasteiger partial charge in [0.25, 0.3) is 0 Å². The van der Waals surface area contributed by atoms with Gasteiger partial charge in [0.2, 0.25) is 0 Å². The molecular weight excluding hydrogens is 381 g/mol. The maximum absolute atomic E-state index is 5.57. The Hall–Kier alpha value is -0.0800. The number of methoxy groups -OCH3 is 1. The molecule has 0 aromatic rings. The van der Waals surface area contributed by atoms with Gasteiger partial charge in [-0.2, -0.15) is 0 Å². The molecule has 0 aromatic carbocycles. The van der Waals surface area contributed by atoms with Crippen LogP contribution in [0.15, 0.2) is 4.99 Å². The van der Waals surface area contributed by atoms with Crippen LogP contribution >= 0.6 is 24.0 Å². The monoisotopic (exact) mass is 413 g/mol. The highest BCUT2D eigenvalue weighted by Crippen LogP contribution is 2.21. The van der Waals surface area contributed by atoms with Gasteiger partial charge in [0.05, 0.1) is 12.7 Å². The zero-order chi connectivity index (χ0) is 15.2. The molecule has 0 amide bonds. The molecule has 0 aromatic heterocycles. The van der Waals surface area contributed by atoms with Crippen LogP contribution in [0.25, 0.3) is 0 Å². The summed E-state index contributed by atoms with van der Waals surface area (Å²) in [7, 11) is 5.66. The molecule has 2 atom stereocenters. The summed E-state index contributed by atoms with van der Waals surface area (Å²) < 4.78 is 11.0. The molecule has 0 aliphatic carbocycles. The summed E-state index contributed by atoms with van der Waals surface area (Å²) in [5, 5.41) is 3.41. The van der Waals surface area contributed by atoms with E-state index < -0.39 is 0 Å². The van der Waals surface area contributed by atoms with Crippen LogP contribution in [0.3, 0.4) is 0 Å². The molecule has 1 saturated heterocycles. The molecule has 1 aliphatic rings. The second kappa shape index (κ2) is 9.84. The number of nitrogens with one attached hydrogen (secondary N) is 1. The highest BCUT2D eigenvalue weighted by Gasteiger charge is 2.25. The quantitative estimate of drug-likeness (QED) is 0.427. The summed E-state index contributed by atoms with van der Waals surface area (Å²) in [5.74, 6) is 1.53. The maximum Gasteiger partial charge on any atom is 0.193 e. The van der Waals surface area contributed by atoms with Gasteiger partial charge in [-0.25, -0.2) is 0 Å². The number of halogens is 1. The SMILES string of the molecule is CN=C(NCC(OC)C(C)(C)C)N(C)CC1CCOC1.I. The van der Waals surface area contributed by atoms with E-state index in [2.05, 4.69) is 43.0 Å². The van der Waals surface area contributed by atoms with Crippen molar-refractivity contribution in [2.75, 3.05) is 47.5 Å². The first-order valence-electron chi connectivity index (χ1n) is 7.40. The van der Waals surface area contributed by atoms with Crippen molar-refractivity contribution < 1.29 is 9.47 Å². The molecule has 1 aliphatic heterocycles. The van der Waals surface area contributed by atoms with Crippen LogP contribution in [0.4, 0.5) is 0 Å². The molecule has 0 spiro atoms. The molecule has 1 N–H and O–H groups in total. The van der Waals surface area contributed by atoms with Crippen LogP contribution in [-0.2, 0) is 9.47 Å². The molecule has 0 bridgehead atoms. The van der Waals surface area contributed by atoms with Gasteiger partial charge >= 0.3 is 0 Å². The molecular formula is C15H32IN3O2. The van der Waals surface area contributed by atoms with Crippen molar-refractivity contribution in [2.24, 2.45) is 16.3 Å². The highest BCUT2D eigenvalue weighted by atomic mass is 127. The average Bonchev–Trinajstić information content (AvgIpc) is 2.85. The van der Waals surface area contributed by atoms with E-state index in [1.165, 1.54) is 0 Å². The third kappa shape index (κ3) is 7.15. The Balaban J connectivity index is 0.00000400. The average molecular weight is 413 g/mol. The smallest absolute Gasteiger partial charge is 0.193 e. The lowest BCUT2D eigenvalue weighted by Crippen LogP contribution is -2.47. The van der Waals surface area contributed by atoms with Gasteiger partial charge < -0.3 is 19.7 Å². The molecule has 126 valence electrons. The molecule has 1 fully saturated rings. The largest absolute Gasteiger partial charge is 0.381 e. The minimum absolute atomic E-state index is 0. The van der Waals surface area contributed by atoms with Crippen molar-refractivity contribution in [3.63, 3.8) is 0 Å². The molecule has 0 saturated carbocycles. The fraction of sp³-hybridized carbons (Fsp3) is 0.933. The molecule has 6 heteroatoms. The lowest BCUT2D eigenvalue weighted by Gasteiger charge is -2.31. The molecule has 2 unspecified atom stereocenters. The fourth-order valence-electron chi connectivity index (χ4n) is 2.51. The predicted molar refractivity (Wildman–Crippen MR) is 98.6 cm³/mol. The molecule has 1 heterocycles. The predicted octanol–water partition coefficient (Wildman–Crippen LogP) is 2.21. The van der Waals surface area contributed by atoms with Gasteiger partial charge in [-0.1, -0.05) is 20.8 Å². The van der Waals surface area contributed by atoms with E-state index in [1.54, 1.807) is 7.11 Å². The summed E-state index contributed by atoms with van der Waals surface area (Å²) in [5.41, 5.74) is 0.110. The Labute approximate surface area is 146 Å². The van der Waals surface area contributed by atoms with Crippen LogP contribution < -0.4 is 5.32 Å². The molecule has 0 radical (unpaired) electrons. The van der Waals surface area contributed by atoms with E-state index in [0.717, 1.165) is 38.7 Å². The number of hydrogen-bond acceptors (Lipinski definition) is 3. The van der Waals surface area contributed by atoms with Gasteiger partial charge in [-0.3, -0.25) is 4.99 Å². The normalized spacial score (nSPS) is 20.9. The molecule has 1 rings (SSSR count). The topological polar surface area (TPSA) is 46.1 Å². The van der Waals surface area contributed by atoms with Gasteiger partial charge in [0.15, 0.2) is 5.96 Å². The van der Waals surface area contributed by atoms with Crippen molar-refractivity contribution >= 4 is 29.9 Å². The maximum atomic E-state index is 5.57. The number of guanidine groups is 1. The van der Waals surface area contributed by atoms with Crippen LogP contribution in [0.2, 0.25) is 0 Å². The lowest BCUT2D eigenvalue weighted by molar-refractivity contribution is 0.0201. The fourth-order valence-corrected chi connectivity index (χ4v) is 2.51. The van der Waals surface area contributed by atoms with Crippen molar-refractivity contribution in [3.05, 3.63) is 0 Å². The first-order chi connectivity index (χ1) is 9.38. The van der Waals surface area contributed by atoms with Gasteiger partial charge in [-0.05, 0) is 11.8 Å². The number of ether oxygens (including phenoxy) is 2. The Kier molecular flexibility index (Phi) is 9.80. The van der Waals surface area contributed by atoms with E-state index in [1.807, 2.05) is 7.05 Å². The van der Waals surface area contributed by atoms with Crippen molar-refractivity contribution in [3.8, 4) is 0 Å². The first kappa shape index (κ1) is 20.9. The van der Waals surface area contributed by atoms with E-state index >= 15 is 0 Å². The molecule has 5 nitrogen and oxygen atoms in total. The summed E-state index contributed by atoms with van der Waals surface area (Å²) in [6, 6.07) is 0. The van der Waals surface area contributed by atoms with Gasteiger partial charge in [0.1, 0.15) is 0 Å². The van der Waals surface area contributed by atoms with Gasteiger partial charge in [0, 0.05) is 46.8 Å². The Bertz CT molecular complexity index is 313. The lowest BCUT2D eigenvalue weighted by atomic mass is 9.89. The number of aliphatic imine (C=N–C) groups is 1. The second-order valence-corrected chi connectivity index (χ2v) is 6.63. The zero-order valence-corrected chi connectivity index (χ0v) is 16.6. The third-order valence-corrected chi connectivity index (χ3v) is 3.83. The second-order valence-electron chi connectivity index (χ2n) is 6.63. The first-order valence-corrected chi connectivity index (χ1v) is 7.40. The zero-order valence-electron chi connectivity index (χ0n) is 14.3. The van der Waals surface area contributed by atoms with Crippen LogP contribution in [0, 0.1) is 11.3 Å². The van der Waals surface area contributed by atoms with E-state index in [9.17, 15) is 0 Å². The number of nitrogens with zero attached hydrogens (tertiary/aromatic N) is 2. The number of rotatable bonds is 5. The summed E-state index contributed by atoms with van der Waals surface area (Å²) in [4.78, 5) is 6.53. The summed E-state index contributed by atoms with van der Waals surface area (Å²) in [6.45, 7) is 10.1. The number of hydrogen-bond donors (Lipinski definition) is 1. The standard InChI is InChI=1S/C15H31N3O2.HI/c1-15(2,3)13(19-6)9-17-14(16-4)18(5)10-12-7-8-20-11-12;/h12-13H,7-11H2,1-6H3,(H,16,17);1H. The van der Waals surface area contributed by atoms with Crippen molar-refractivity contribution in [1.29, 1.82) is 0 Å².